The van der Waals surface area contributed by atoms with Crippen molar-refractivity contribution >= 4 is 10.9 Å². The monoisotopic (exact) mass is 447 g/mol. The molecule has 0 N–H and O–H groups in total. The van der Waals surface area contributed by atoms with Gasteiger partial charge in [0.15, 0.2) is 0 Å². The molecule has 0 bridgehead atoms. The fourth-order valence-electron chi connectivity index (χ4n) is 4.99. The Labute approximate surface area is 190 Å². The van der Waals surface area contributed by atoms with E-state index in [2.05, 4.69) is 4.57 Å². The smallest absolute Gasteiger partial charge is 0.331 e. The lowest BCUT2D eigenvalue weighted by Crippen LogP contribution is -2.40. The largest absolute Gasteiger partial charge is 0.365 e. The van der Waals surface area contributed by atoms with Crippen LogP contribution in [-0.4, -0.2) is 20.3 Å². The number of hydrogen-bond donors (Lipinski definition) is 0. The molecular formula is C26H26FN3O3. The minimum Gasteiger partial charge on any atom is -0.365 e. The average Bonchev–Trinajstić information content (AvgIpc) is 3.15. The molecule has 0 radical (unpaired) electrons. The zero-order chi connectivity index (χ0) is 23.7. The van der Waals surface area contributed by atoms with Gasteiger partial charge in [-0.2, -0.15) is 0 Å². The van der Waals surface area contributed by atoms with Crippen molar-refractivity contribution in [2.45, 2.75) is 32.4 Å². The first-order valence-electron chi connectivity index (χ1n) is 10.9. The Morgan fingerprint density at radius 1 is 1.03 bits per heavy atom. The van der Waals surface area contributed by atoms with Crippen LogP contribution in [0.3, 0.4) is 0 Å². The van der Waals surface area contributed by atoms with Gasteiger partial charge in [-0.25, -0.2) is 9.18 Å². The molecule has 7 heteroatoms. The van der Waals surface area contributed by atoms with E-state index in [1.807, 2.05) is 45.0 Å². The minimum absolute atomic E-state index is 0.313. The SMILES string of the molecule is Cc1cccc(-c2c3c(=O)n(C)c(=O)n(C)c3c3n2C(C)(C)CO[C@@H]3c2ccccc2F)c1. The lowest BCUT2D eigenvalue weighted by atomic mass is 9.97. The predicted molar refractivity (Wildman–Crippen MR) is 126 cm³/mol. The number of halogens is 1. The van der Waals surface area contributed by atoms with Crippen molar-refractivity contribution in [2.75, 3.05) is 6.61 Å². The van der Waals surface area contributed by atoms with E-state index in [1.165, 1.54) is 17.7 Å². The molecule has 0 amide bonds. The van der Waals surface area contributed by atoms with Gasteiger partial charge in [-0.15, -0.1) is 0 Å². The zero-order valence-electron chi connectivity index (χ0n) is 19.3. The van der Waals surface area contributed by atoms with Crippen LogP contribution in [0.15, 0.2) is 58.1 Å². The van der Waals surface area contributed by atoms with Crippen LogP contribution in [0.5, 0.6) is 0 Å². The van der Waals surface area contributed by atoms with Crippen LogP contribution in [0.4, 0.5) is 4.39 Å². The highest BCUT2D eigenvalue weighted by atomic mass is 19.1. The molecule has 0 saturated heterocycles. The number of benzene rings is 2. The van der Waals surface area contributed by atoms with E-state index >= 15 is 0 Å². The number of hydrogen-bond acceptors (Lipinski definition) is 3. The summed E-state index contributed by atoms with van der Waals surface area (Å²) in [7, 11) is 3.13. The van der Waals surface area contributed by atoms with E-state index in [1.54, 1.807) is 25.2 Å². The maximum absolute atomic E-state index is 14.9. The van der Waals surface area contributed by atoms with Gasteiger partial charge in [-0.1, -0.05) is 42.0 Å². The van der Waals surface area contributed by atoms with Crippen molar-refractivity contribution in [3.05, 3.63) is 92.0 Å². The molecule has 0 aliphatic carbocycles. The van der Waals surface area contributed by atoms with Crippen LogP contribution < -0.4 is 11.2 Å². The number of ether oxygens (including phenoxy) is 1. The summed E-state index contributed by atoms with van der Waals surface area (Å²) in [5, 5.41) is 0.431. The second-order valence-corrected chi connectivity index (χ2v) is 9.39. The second kappa shape index (κ2) is 7.28. The molecule has 2 aromatic heterocycles. The summed E-state index contributed by atoms with van der Waals surface area (Å²) in [6.07, 6.45) is -0.766. The summed E-state index contributed by atoms with van der Waals surface area (Å²) in [4.78, 5) is 26.5. The van der Waals surface area contributed by atoms with Crippen LogP contribution in [-0.2, 0) is 24.4 Å². The second-order valence-electron chi connectivity index (χ2n) is 9.39. The van der Waals surface area contributed by atoms with Gasteiger partial charge in [-0.05, 0) is 38.5 Å². The zero-order valence-corrected chi connectivity index (χ0v) is 19.3. The van der Waals surface area contributed by atoms with E-state index in [-0.39, 0.29) is 5.56 Å². The molecule has 0 saturated carbocycles. The quantitative estimate of drug-likeness (QED) is 0.467. The van der Waals surface area contributed by atoms with Crippen molar-refractivity contribution in [3.63, 3.8) is 0 Å². The fraction of sp³-hybridized carbons (Fsp3) is 0.308. The van der Waals surface area contributed by atoms with Crippen LogP contribution in [0, 0.1) is 12.7 Å². The molecule has 5 rings (SSSR count). The van der Waals surface area contributed by atoms with Crippen LogP contribution >= 0.6 is 0 Å². The molecule has 0 unspecified atom stereocenters. The topological polar surface area (TPSA) is 58.2 Å². The Morgan fingerprint density at radius 3 is 2.45 bits per heavy atom. The van der Waals surface area contributed by atoms with E-state index in [0.717, 1.165) is 21.4 Å². The van der Waals surface area contributed by atoms with Crippen LogP contribution in [0.1, 0.15) is 36.8 Å². The van der Waals surface area contributed by atoms with Crippen LogP contribution in [0.2, 0.25) is 0 Å². The van der Waals surface area contributed by atoms with Gasteiger partial charge in [0, 0.05) is 19.7 Å². The predicted octanol–water partition coefficient (Wildman–Crippen LogP) is 4.01. The average molecular weight is 448 g/mol. The van der Waals surface area contributed by atoms with Gasteiger partial charge in [0.05, 0.1) is 34.4 Å². The van der Waals surface area contributed by atoms with E-state index in [9.17, 15) is 14.0 Å². The lowest BCUT2D eigenvalue weighted by molar-refractivity contribution is -0.00855. The summed E-state index contributed by atoms with van der Waals surface area (Å²) in [5.74, 6) is -0.394. The number of nitrogens with zero attached hydrogens (tertiary/aromatic N) is 3. The molecule has 1 aliphatic heterocycles. The third-order valence-electron chi connectivity index (χ3n) is 6.54. The van der Waals surface area contributed by atoms with Gasteiger partial charge >= 0.3 is 5.69 Å². The first-order chi connectivity index (χ1) is 15.6. The molecular weight excluding hydrogens is 421 g/mol. The molecule has 6 nitrogen and oxygen atoms in total. The number of rotatable bonds is 2. The van der Waals surface area contributed by atoms with Crippen molar-refractivity contribution in [1.29, 1.82) is 0 Å². The number of fused-ring (bicyclic) bond motifs is 3. The standard InChI is InChI=1S/C26H26FN3O3/c1-15-9-8-10-16(13-15)20-19-21(28(4)25(32)29(5)24(19)31)22-23(17-11-6-7-12-18(17)27)33-14-26(2,3)30(20)22/h6-13,23H,14H2,1-5H3/t23-/m1/s1. The van der Waals surface area contributed by atoms with Gasteiger partial charge in [0.1, 0.15) is 11.9 Å². The molecule has 170 valence electrons. The highest BCUT2D eigenvalue weighted by molar-refractivity contribution is 5.97. The highest BCUT2D eigenvalue weighted by Crippen LogP contribution is 2.45. The Hall–Kier alpha value is -3.45. The van der Waals surface area contributed by atoms with Crippen molar-refractivity contribution in [3.8, 4) is 11.3 Å². The highest BCUT2D eigenvalue weighted by Gasteiger charge is 2.41. The fourth-order valence-corrected chi connectivity index (χ4v) is 4.99. The molecule has 1 atom stereocenters. The van der Waals surface area contributed by atoms with Crippen molar-refractivity contribution in [1.82, 2.24) is 13.7 Å². The molecule has 0 spiro atoms. The molecule has 1 aliphatic rings. The Kier molecular flexibility index (Phi) is 4.72. The molecule has 0 fully saturated rings. The Morgan fingerprint density at radius 2 is 1.76 bits per heavy atom. The minimum atomic E-state index is -0.766. The Bertz CT molecular complexity index is 1540. The van der Waals surface area contributed by atoms with E-state index in [0.29, 0.717) is 28.8 Å². The summed E-state index contributed by atoms with van der Waals surface area (Å²) in [6, 6.07) is 14.4. The van der Waals surface area contributed by atoms with E-state index < -0.39 is 23.1 Å². The maximum Gasteiger partial charge on any atom is 0.331 e. The summed E-state index contributed by atoms with van der Waals surface area (Å²) in [6.45, 7) is 6.35. The molecule has 2 aromatic carbocycles. The van der Waals surface area contributed by atoms with Gasteiger partial charge in [-0.3, -0.25) is 13.9 Å². The summed E-state index contributed by atoms with van der Waals surface area (Å²) >= 11 is 0. The number of aryl methyl sites for hydroxylation is 2. The van der Waals surface area contributed by atoms with E-state index in [4.69, 9.17) is 4.74 Å². The molecule has 4 aromatic rings. The van der Waals surface area contributed by atoms with Gasteiger partial charge in [0.2, 0.25) is 0 Å². The van der Waals surface area contributed by atoms with Gasteiger partial charge in [0.25, 0.3) is 5.56 Å². The first-order valence-corrected chi connectivity index (χ1v) is 10.9. The lowest BCUT2D eigenvalue weighted by Gasteiger charge is -2.39. The first kappa shape index (κ1) is 21.4. The van der Waals surface area contributed by atoms with Crippen molar-refractivity contribution < 1.29 is 9.13 Å². The molecule has 33 heavy (non-hydrogen) atoms. The third-order valence-corrected chi connectivity index (χ3v) is 6.54. The third kappa shape index (κ3) is 3.03. The Balaban J connectivity index is 2.04. The normalized spacial score (nSPS) is 17.3. The number of aromatic nitrogens is 3. The van der Waals surface area contributed by atoms with Crippen molar-refractivity contribution in [2.24, 2.45) is 14.1 Å². The molecule has 3 heterocycles. The summed E-state index contributed by atoms with van der Waals surface area (Å²) in [5.41, 5.74) is 2.73. The maximum atomic E-state index is 14.9. The summed E-state index contributed by atoms with van der Waals surface area (Å²) < 4.78 is 25.9. The van der Waals surface area contributed by atoms with Crippen LogP contribution in [0.25, 0.3) is 22.2 Å². The van der Waals surface area contributed by atoms with Gasteiger partial charge < -0.3 is 9.30 Å².